The molecule has 0 aromatic heterocycles. The minimum absolute atomic E-state index is 0.0689. The molecule has 27 heteroatoms. The summed E-state index contributed by atoms with van der Waals surface area (Å²) in [7, 11) is -10.3. The summed E-state index contributed by atoms with van der Waals surface area (Å²) in [4.78, 5) is 19.4. The summed E-state index contributed by atoms with van der Waals surface area (Å²) < 4.78 is 77.6. The molecule has 270 valence electrons. The van der Waals surface area contributed by atoms with Gasteiger partial charge in [-0.05, 0) is 41.8 Å². The quantitative estimate of drug-likeness (QED) is 0.0184. The topological polar surface area (TPSA) is 348 Å². The molecule has 0 aliphatic heterocycles. The number of nitro benzene ring substituents is 1. The average Bonchev–Trinajstić information content (AvgIpc) is 3.04. The number of benzene rings is 4. The van der Waals surface area contributed by atoms with Crippen LogP contribution in [0.4, 0.5) is 34.1 Å². The number of nitrogens with zero attached hydrogens (tertiary/aromatic N) is 5. The molecule has 1 amide bonds. The van der Waals surface area contributed by atoms with Gasteiger partial charge in [0.1, 0.15) is 26.9 Å². The fraction of sp³-hybridized carbons (Fsp3) is 0.0417. The highest BCUT2D eigenvalue weighted by Gasteiger charge is 2.27. The lowest BCUT2D eigenvalue weighted by atomic mass is 10.1. The van der Waals surface area contributed by atoms with Crippen molar-refractivity contribution in [1.29, 1.82) is 0 Å². The molecule has 0 heterocycles. The van der Waals surface area contributed by atoms with Gasteiger partial charge >= 0.3 is 0 Å². The number of azo groups is 2. The first kappa shape index (κ1) is 38.9. The Balaban J connectivity index is 1.98. The van der Waals surface area contributed by atoms with E-state index in [-0.39, 0.29) is 56.3 Å². The molecule has 4 aromatic carbocycles. The largest absolute Gasteiger partial charge is 0.505 e. The molecule has 0 fully saturated rings. The maximum absolute atomic E-state index is 12.3. The van der Waals surface area contributed by atoms with E-state index in [0.717, 1.165) is 55.5 Å². The van der Waals surface area contributed by atoms with Crippen LogP contribution in [-0.2, 0) is 43.8 Å². The van der Waals surface area contributed by atoms with E-state index in [9.17, 15) is 51.1 Å². The third kappa shape index (κ3) is 9.26. The second kappa shape index (κ2) is 16.0. The van der Waals surface area contributed by atoms with Gasteiger partial charge in [0.05, 0.1) is 55.6 Å². The third-order valence-corrected chi connectivity index (χ3v) is 9.09. The van der Waals surface area contributed by atoms with Crippen molar-refractivity contribution in [3.8, 4) is 11.5 Å². The van der Waals surface area contributed by atoms with E-state index < -0.39 is 74.8 Å². The van der Waals surface area contributed by atoms with Gasteiger partial charge in [0.15, 0.2) is 11.5 Å². The zero-order chi connectivity index (χ0) is 37.7. The highest BCUT2D eigenvalue weighted by molar-refractivity contribution is 7.95. The molecule has 0 saturated carbocycles. The molecule has 51 heavy (non-hydrogen) atoms. The number of fused-ring (bicyclic) bond motifs is 1. The maximum Gasteiger partial charge on any atom is 0.296 e. The molecule has 0 saturated heterocycles. The zero-order valence-electron chi connectivity index (χ0n) is 24.7. The van der Waals surface area contributed by atoms with Crippen LogP contribution in [-0.4, -0.2) is 57.5 Å². The number of nitrogens with one attached hydrogen (secondary N) is 1. The van der Waals surface area contributed by atoms with E-state index >= 15 is 0 Å². The SMILES string of the molecule is CC(=O)Nc1cc(S(=O)(=O)O)c(N=Nc2c(SOOO)cc3cc(S(=O)(=O)O)c(N=Nc4ccc([N+](=O)[O-])cc4)c(O)c3c2O)cc1SOOO. The van der Waals surface area contributed by atoms with Crippen LogP contribution in [0.3, 0.4) is 0 Å². The number of non-ortho nitro benzene ring substituents is 1. The number of amides is 1. The summed E-state index contributed by atoms with van der Waals surface area (Å²) in [6, 6.07) is 7.70. The van der Waals surface area contributed by atoms with Gasteiger partial charge in [-0.3, -0.25) is 24.0 Å². The Kier molecular flexibility index (Phi) is 12.2. The minimum Gasteiger partial charge on any atom is -0.505 e. The van der Waals surface area contributed by atoms with Gasteiger partial charge in [0, 0.05) is 19.1 Å². The summed E-state index contributed by atoms with van der Waals surface area (Å²) >= 11 is 0.366. The minimum atomic E-state index is -5.18. The van der Waals surface area contributed by atoms with Crippen molar-refractivity contribution in [3.63, 3.8) is 0 Å². The molecule has 0 aliphatic carbocycles. The molecule has 0 atom stereocenters. The van der Waals surface area contributed by atoms with Crippen molar-refractivity contribution in [2.45, 2.75) is 26.5 Å². The van der Waals surface area contributed by atoms with Crippen LogP contribution in [0.1, 0.15) is 6.92 Å². The van der Waals surface area contributed by atoms with E-state index in [0.29, 0.717) is 0 Å². The van der Waals surface area contributed by atoms with Gasteiger partial charge < -0.3 is 15.5 Å². The summed E-state index contributed by atoms with van der Waals surface area (Å²) in [6.45, 7) is 1.06. The van der Waals surface area contributed by atoms with E-state index in [1.54, 1.807) is 0 Å². The first-order valence-electron chi connectivity index (χ1n) is 12.8. The number of phenols is 2. The Morgan fingerprint density at radius 2 is 1.37 bits per heavy atom. The lowest BCUT2D eigenvalue weighted by Gasteiger charge is -2.14. The Hall–Kier alpha value is -4.91. The van der Waals surface area contributed by atoms with Crippen LogP contribution in [0.2, 0.25) is 0 Å². The molecule has 0 bridgehead atoms. The van der Waals surface area contributed by atoms with Crippen molar-refractivity contribution in [2.24, 2.45) is 20.5 Å². The van der Waals surface area contributed by atoms with Crippen LogP contribution in [0.15, 0.2) is 88.6 Å². The molecule has 4 aromatic rings. The number of carbonyl (C=O) groups excluding carboxylic acids is 1. The fourth-order valence-electron chi connectivity index (χ4n) is 4.06. The highest BCUT2D eigenvalue weighted by atomic mass is 32.2. The summed E-state index contributed by atoms with van der Waals surface area (Å²) in [5, 5.41) is 74.0. The summed E-state index contributed by atoms with van der Waals surface area (Å²) in [5.74, 6) is -2.84. The zero-order valence-corrected chi connectivity index (χ0v) is 27.9. The molecule has 0 unspecified atom stereocenters. The van der Waals surface area contributed by atoms with Crippen molar-refractivity contribution in [3.05, 3.63) is 58.6 Å². The number of rotatable bonds is 14. The summed E-state index contributed by atoms with van der Waals surface area (Å²) in [6.07, 6.45) is 0. The van der Waals surface area contributed by atoms with Crippen molar-refractivity contribution >= 4 is 95.1 Å². The second-order valence-corrected chi connectivity index (χ2v) is 13.6. The molecular weight excluding hydrogens is 773 g/mol. The number of hydrogen-bond donors (Lipinski definition) is 7. The standard InChI is InChI=1S/C24H18N6O17S4/c1-10(31)25-14-9-18(50(38,39)40)15(8-16(14)48-46-44-36)27-28-21-17(49-47-45-37)6-11-7-19(51(41,42)43)22(24(33)20(11)23(21)32)29-26-12-2-4-13(5-3-12)30(34)35/h2-9,32-33,36-37H,1H3,(H,25,31)(H,38,39,40)(H,41,42,43). The van der Waals surface area contributed by atoms with E-state index in [1.807, 2.05) is 0 Å². The normalized spacial score (nSPS) is 12.3. The molecular formula is C24H18N6O17S4. The summed E-state index contributed by atoms with van der Waals surface area (Å²) in [5.41, 5.74) is -2.95. The predicted molar refractivity (Wildman–Crippen MR) is 170 cm³/mol. The Morgan fingerprint density at radius 3 is 1.92 bits per heavy atom. The van der Waals surface area contributed by atoms with E-state index in [2.05, 4.69) is 44.5 Å². The first-order valence-corrected chi connectivity index (χ1v) is 17.2. The van der Waals surface area contributed by atoms with E-state index in [1.165, 1.54) is 0 Å². The van der Waals surface area contributed by atoms with Crippen molar-refractivity contribution in [2.75, 3.05) is 5.32 Å². The Labute approximate surface area is 291 Å². The fourth-order valence-corrected chi connectivity index (χ4v) is 6.31. The molecule has 0 aliphatic rings. The number of aromatic hydroxyl groups is 2. The number of carbonyl (C=O) groups is 1. The van der Waals surface area contributed by atoms with Gasteiger partial charge in [0.25, 0.3) is 25.9 Å². The predicted octanol–water partition coefficient (Wildman–Crippen LogP) is 6.30. The van der Waals surface area contributed by atoms with Crippen LogP contribution in [0.25, 0.3) is 10.8 Å². The molecule has 7 N–H and O–H groups in total. The number of phenolic OH excluding ortho intramolecular Hbond substituents is 2. The second-order valence-electron chi connectivity index (χ2n) is 9.31. The highest BCUT2D eigenvalue weighted by Crippen LogP contribution is 2.51. The number of nitro groups is 1. The van der Waals surface area contributed by atoms with Crippen molar-refractivity contribution in [1.82, 2.24) is 0 Å². The van der Waals surface area contributed by atoms with E-state index in [4.69, 9.17) is 10.5 Å². The van der Waals surface area contributed by atoms with Gasteiger partial charge in [-0.1, -0.05) is 10.1 Å². The van der Waals surface area contributed by atoms with Gasteiger partial charge in [0.2, 0.25) is 5.91 Å². The van der Waals surface area contributed by atoms with Crippen LogP contribution in [0.5, 0.6) is 11.5 Å². The van der Waals surface area contributed by atoms with Crippen LogP contribution >= 0.6 is 24.1 Å². The number of hydrogen-bond acceptors (Lipinski definition) is 21. The monoisotopic (exact) mass is 790 g/mol. The first-order chi connectivity index (χ1) is 24.0. The molecule has 0 radical (unpaired) electrons. The Bertz CT molecular complexity index is 2300. The maximum atomic E-state index is 12.3. The van der Waals surface area contributed by atoms with Crippen LogP contribution in [0, 0.1) is 10.1 Å². The molecule has 4 rings (SSSR count). The lowest BCUT2D eigenvalue weighted by Crippen LogP contribution is -2.08. The third-order valence-electron chi connectivity index (χ3n) is 6.07. The van der Waals surface area contributed by atoms with Crippen LogP contribution < -0.4 is 5.32 Å². The van der Waals surface area contributed by atoms with Gasteiger partial charge in [-0.2, -0.15) is 21.9 Å². The van der Waals surface area contributed by atoms with Crippen molar-refractivity contribution < 1.29 is 75.1 Å². The molecule has 0 spiro atoms. The Morgan fingerprint density at radius 1 is 0.804 bits per heavy atom. The lowest BCUT2D eigenvalue weighted by molar-refractivity contribution is -0.432. The smallest absolute Gasteiger partial charge is 0.296 e. The molecule has 23 nitrogen and oxygen atoms in total. The average molecular weight is 791 g/mol. The van der Waals surface area contributed by atoms with Gasteiger partial charge in [-0.25, -0.2) is 10.5 Å². The van der Waals surface area contributed by atoms with Gasteiger partial charge in [-0.15, -0.1) is 24.0 Å². The number of anilines is 1.